The predicted octanol–water partition coefficient (Wildman–Crippen LogP) is -0.984. The molecule has 0 spiro atoms. The Morgan fingerprint density at radius 3 is 2.59 bits per heavy atom. The second kappa shape index (κ2) is 4.99. The molecule has 92 valence electrons. The smallest absolute Gasteiger partial charge is 0.363 e. The van der Waals surface area contributed by atoms with Crippen LogP contribution in [0.15, 0.2) is 23.2 Å². The van der Waals surface area contributed by atoms with E-state index in [1.807, 2.05) is 10.3 Å². The van der Waals surface area contributed by atoms with Gasteiger partial charge in [-0.3, -0.25) is 5.43 Å². The van der Waals surface area contributed by atoms with Gasteiger partial charge < -0.3 is 15.8 Å². The summed E-state index contributed by atoms with van der Waals surface area (Å²) in [4.78, 5) is 14.5. The number of nitrogens with two attached hydrogens (primary N) is 1. The molecule has 0 radical (unpaired) electrons. The van der Waals surface area contributed by atoms with Crippen molar-refractivity contribution in [1.29, 1.82) is 0 Å². The second-order valence-corrected chi connectivity index (χ2v) is 4.83. The first kappa shape index (κ1) is 13.2. The fourth-order valence-corrected chi connectivity index (χ4v) is 1.73. The molecule has 0 atom stereocenters. The predicted molar refractivity (Wildman–Crippen MR) is 61.1 cm³/mol. The maximum absolute atomic E-state index is 11.5. The van der Waals surface area contributed by atoms with E-state index in [4.69, 9.17) is 5.73 Å². The molecule has 11 heteroatoms. The highest BCUT2D eigenvalue weighted by molar-refractivity contribution is 7.89. The lowest BCUT2D eigenvalue weighted by Crippen LogP contribution is -2.44. The van der Waals surface area contributed by atoms with Crippen LogP contribution in [0.5, 0.6) is 0 Å². The van der Waals surface area contributed by atoms with Crippen molar-refractivity contribution >= 4 is 33.2 Å². The number of nitrogens with zero attached hydrogens (tertiary/aromatic N) is 2. The van der Waals surface area contributed by atoms with Gasteiger partial charge in [0.1, 0.15) is 4.90 Å². The van der Waals surface area contributed by atoms with Crippen molar-refractivity contribution in [3.05, 3.63) is 28.4 Å². The average Bonchev–Trinajstić information content (AvgIpc) is 2.27. The summed E-state index contributed by atoms with van der Waals surface area (Å²) in [5.41, 5.74) is 7.06. The highest BCUT2D eigenvalue weighted by atomic mass is 32.2. The Bertz CT molecular complexity index is 540. The van der Waals surface area contributed by atoms with Crippen LogP contribution in [-0.2, 0) is 10.0 Å². The molecule has 1 aromatic heterocycles. The Kier molecular flexibility index (Phi) is 3.88. The maximum atomic E-state index is 11.5. The van der Waals surface area contributed by atoms with Crippen LogP contribution in [0.3, 0.4) is 0 Å². The SMILES string of the molecule is NC(=S)NNS(=O)(=O)c1ccc([N+](=O)[O-])nc1. The number of nitro groups is 1. The van der Waals surface area contributed by atoms with Gasteiger partial charge in [-0.1, -0.05) is 0 Å². The summed E-state index contributed by atoms with van der Waals surface area (Å²) in [6, 6.07) is 2.00. The lowest BCUT2D eigenvalue weighted by atomic mass is 10.5. The van der Waals surface area contributed by atoms with Crippen LogP contribution < -0.4 is 16.0 Å². The zero-order chi connectivity index (χ0) is 13.1. The molecule has 0 fully saturated rings. The van der Waals surface area contributed by atoms with E-state index in [-0.39, 0.29) is 10.0 Å². The van der Waals surface area contributed by atoms with E-state index in [9.17, 15) is 18.5 Å². The molecule has 4 N–H and O–H groups in total. The van der Waals surface area contributed by atoms with Crippen LogP contribution >= 0.6 is 12.2 Å². The average molecular weight is 277 g/mol. The first-order valence-electron chi connectivity index (χ1n) is 4.00. The summed E-state index contributed by atoms with van der Waals surface area (Å²) in [5, 5.41) is 10.0. The second-order valence-electron chi connectivity index (χ2n) is 2.70. The van der Waals surface area contributed by atoms with Crippen LogP contribution in [-0.4, -0.2) is 23.4 Å². The topological polar surface area (TPSA) is 140 Å². The van der Waals surface area contributed by atoms with Gasteiger partial charge in [0, 0.05) is 6.07 Å². The van der Waals surface area contributed by atoms with E-state index < -0.39 is 20.8 Å². The van der Waals surface area contributed by atoms with E-state index in [0.29, 0.717) is 0 Å². The molecule has 0 unspecified atom stereocenters. The Labute approximate surface area is 101 Å². The van der Waals surface area contributed by atoms with Gasteiger partial charge in [-0.2, -0.15) is 0 Å². The van der Waals surface area contributed by atoms with Crippen molar-refractivity contribution in [2.24, 2.45) is 5.73 Å². The van der Waals surface area contributed by atoms with E-state index >= 15 is 0 Å². The molecule has 17 heavy (non-hydrogen) atoms. The highest BCUT2D eigenvalue weighted by Crippen LogP contribution is 2.11. The Hall–Kier alpha value is -1.85. The molecular formula is C6H7N5O4S2. The van der Waals surface area contributed by atoms with Crippen molar-refractivity contribution < 1.29 is 13.3 Å². The van der Waals surface area contributed by atoms with Crippen molar-refractivity contribution in [2.45, 2.75) is 4.90 Å². The summed E-state index contributed by atoms with van der Waals surface area (Å²) >= 11 is 4.40. The molecular weight excluding hydrogens is 270 g/mol. The summed E-state index contributed by atoms with van der Waals surface area (Å²) < 4.78 is 23.0. The van der Waals surface area contributed by atoms with Crippen LogP contribution in [0.25, 0.3) is 0 Å². The zero-order valence-electron chi connectivity index (χ0n) is 8.15. The first-order chi connectivity index (χ1) is 7.83. The number of thiocarbonyl (C=S) groups is 1. The van der Waals surface area contributed by atoms with Gasteiger partial charge >= 0.3 is 5.82 Å². The monoisotopic (exact) mass is 277 g/mol. The number of sulfonamides is 1. The summed E-state index contributed by atoms with van der Waals surface area (Å²) in [6.07, 6.45) is 0.849. The Balaban J connectivity index is 2.92. The molecule has 0 bridgehead atoms. The van der Waals surface area contributed by atoms with E-state index in [2.05, 4.69) is 17.2 Å². The maximum Gasteiger partial charge on any atom is 0.363 e. The van der Waals surface area contributed by atoms with E-state index in [1.54, 1.807) is 0 Å². The van der Waals surface area contributed by atoms with Gasteiger partial charge in [0.05, 0.1) is 0 Å². The summed E-state index contributed by atoms with van der Waals surface area (Å²) in [5.74, 6) is -0.453. The molecule has 0 amide bonds. The lowest BCUT2D eigenvalue weighted by molar-refractivity contribution is -0.389. The minimum absolute atomic E-state index is 0.258. The van der Waals surface area contributed by atoms with Gasteiger partial charge in [0.25, 0.3) is 10.0 Å². The number of pyridine rings is 1. The van der Waals surface area contributed by atoms with Crippen LogP contribution in [0.4, 0.5) is 5.82 Å². The largest absolute Gasteiger partial charge is 0.375 e. The lowest BCUT2D eigenvalue weighted by Gasteiger charge is -2.05. The van der Waals surface area contributed by atoms with Crippen LogP contribution in [0, 0.1) is 10.1 Å². The standard InChI is InChI=1S/C6H7N5O4S2/c7-6(16)9-10-17(14,15)4-1-2-5(8-3-4)11(12)13/h1-3,10H,(H3,7,9,16). The van der Waals surface area contributed by atoms with Gasteiger partial charge in [0.15, 0.2) is 11.3 Å². The van der Waals surface area contributed by atoms with Gasteiger partial charge in [0.2, 0.25) is 0 Å². The van der Waals surface area contributed by atoms with E-state index in [1.165, 1.54) is 0 Å². The first-order valence-corrected chi connectivity index (χ1v) is 5.90. The normalized spacial score (nSPS) is 10.8. The number of hydrazine groups is 1. The molecule has 0 saturated heterocycles. The number of aromatic nitrogens is 1. The number of rotatable bonds is 4. The van der Waals surface area contributed by atoms with Crippen LogP contribution in [0.1, 0.15) is 0 Å². The van der Waals surface area contributed by atoms with Crippen molar-refractivity contribution in [2.75, 3.05) is 0 Å². The zero-order valence-corrected chi connectivity index (χ0v) is 9.79. The summed E-state index contributed by atoms with van der Waals surface area (Å²) in [7, 11) is -3.91. The van der Waals surface area contributed by atoms with Crippen LogP contribution in [0.2, 0.25) is 0 Å². The highest BCUT2D eigenvalue weighted by Gasteiger charge is 2.17. The molecule has 0 aromatic carbocycles. The molecule has 0 aliphatic heterocycles. The molecule has 1 aromatic rings. The number of nitrogens with one attached hydrogen (secondary N) is 2. The van der Waals surface area contributed by atoms with E-state index in [0.717, 1.165) is 18.3 Å². The molecule has 1 rings (SSSR count). The minimum atomic E-state index is -3.91. The fraction of sp³-hybridized carbons (Fsp3) is 0. The summed E-state index contributed by atoms with van der Waals surface area (Å²) in [6.45, 7) is 0. The van der Waals surface area contributed by atoms with Gasteiger partial charge in [-0.25, -0.2) is 8.42 Å². The molecule has 1 heterocycles. The molecule has 9 nitrogen and oxygen atoms in total. The van der Waals surface area contributed by atoms with Crippen molar-refractivity contribution in [3.63, 3.8) is 0 Å². The Morgan fingerprint density at radius 2 is 2.18 bits per heavy atom. The Morgan fingerprint density at radius 1 is 1.53 bits per heavy atom. The number of hydrogen-bond donors (Lipinski definition) is 3. The molecule has 0 aliphatic rings. The fourth-order valence-electron chi connectivity index (χ4n) is 0.816. The third-order valence-corrected chi connectivity index (χ3v) is 2.86. The third-order valence-electron chi connectivity index (χ3n) is 1.53. The van der Waals surface area contributed by atoms with Crippen molar-refractivity contribution in [3.8, 4) is 0 Å². The molecule has 0 aliphatic carbocycles. The van der Waals surface area contributed by atoms with Crippen molar-refractivity contribution in [1.82, 2.24) is 15.2 Å². The quantitative estimate of drug-likeness (QED) is 0.362. The number of hydrogen-bond acceptors (Lipinski definition) is 6. The molecule has 0 saturated carbocycles. The minimum Gasteiger partial charge on any atom is -0.375 e. The third kappa shape index (κ3) is 3.58. The van der Waals surface area contributed by atoms with Gasteiger partial charge in [-0.15, -0.1) is 4.83 Å². The van der Waals surface area contributed by atoms with Gasteiger partial charge in [-0.05, 0) is 28.2 Å².